The van der Waals surface area contributed by atoms with E-state index in [1.54, 1.807) is 12.1 Å². The Hall–Kier alpha value is -2.57. The number of rotatable bonds is 9. The van der Waals surface area contributed by atoms with Crippen LogP contribution < -0.4 is 21.3 Å². The van der Waals surface area contributed by atoms with E-state index in [2.05, 4.69) is 21.3 Å². The average molecular weight is 455 g/mol. The van der Waals surface area contributed by atoms with Crippen LogP contribution >= 0.6 is 0 Å². The molecular weight excluding hydrogens is 416 g/mol. The van der Waals surface area contributed by atoms with Gasteiger partial charge in [0.05, 0.1) is 0 Å². The first-order valence-corrected chi connectivity index (χ1v) is 12.6. The Morgan fingerprint density at radius 1 is 1.03 bits per heavy atom. The van der Waals surface area contributed by atoms with Crippen molar-refractivity contribution in [2.75, 3.05) is 6.54 Å². The number of urea groups is 1. The van der Waals surface area contributed by atoms with Gasteiger partial charge in [-0.15, -0.1) is 0 Å². The third-order valence-corrected chi connectivity index (χ3v) is 7.72. The molecule has 4 aliphatic rings. The average Bonchev–Trinajstić information content (AvgIpc) is 2.76. The van der Waals surface area contributed by atoms with E-state index in [0.717, 1.165) is 49.0 Å². The molecule has 4 saturated carbocycles. The quantitative estimate of drug-likeness (QED) is 0.460. The molecule has 0 spiro atoms. The predicted octanol–water partition coefficient (Wildman–Crippen LogP) is 3.49. The largest absolute Gasteiger partial charge is 0.352 e. The molecule has 4 aliphatic carbocycles. The van der Waals surface area contributed by atoms with E-state index in [-0.39, 0.29) is 35.8 Å². The molecule has 1 aromatic rings. The zero-order valence-corrected chi connectivity index (χ0v) is 19.9. The van der Waals surface area contributed by atoms with Crippen molar-refractivity contribution in [3.63, 3.8) is 0 Å². The molecule has 4 bridgehead atoms. The van der Waals surface area contributed by atoms with E-state index >= 15 is 0 Å². The van der Waals surface area contributed by atoms with Crippen LogP contribution in [0, 0.1) is 17.8 Å². The fraction of sp³-hybridized carbons (Fsp3) is 0.654. The number of carbonyl (C=O) groups is 3. The SMILES string of the molecule is CCC(C)NC(=O)c1cccc(CNC(=O)CCNC(=O)NC23CC4CC(CC(C4)C2)C3)c1. The zero-order valence-electron chi connectivity index (χ0n) is 19.9. The van der Waals surface area contributed by atoms with E-state index in [9.17, 15) is 14.4 Å². The van der Waals surface area contributed by atoms with Crippen LogP contribution in [0.2, 0.25) is 0 Å². The molecule has 4 fully saturated rings. The fourth-order valence-electron chi connectivity index (χ4n) is 6.36. The van der Waals surface area contributed by atoms with E-state index < -0.39 is 0 Å². The highest BCUT2D eigenvalue weighted by Gasteiger charge is 2.51. The number of amides is 4. The molecule has 0 aromatic heterocycles. The van der Waals surface area contributed by atoms with Gasteiger partial charge in [-0.3, -0.25) is 9.59 Å². The number of benzene rings is 1. The van der Waals surface area contributed by atoms with Crippen molar-refractivity contribution in [3.8, 4) is 0 Å². The molecule has 0 heterocycles. The molecule has 1 unspecified atom stereocenters. The van der Waals surface area contributed by atoms with Crippen molar-refractivity contribution >= 4 is 17.8 Å². The summed E-state index contributed by atoms with van der Waals surface area (Å²) < 4.78 is 0. The summed E-state index contributed by atoms with van der Waals surface area (Å²) in [4.78, 5) is 37.0. The van der Waals surface area contributed by atoms with Gasteiger partial charge in [0.1, 0.15) is 0 Å². The summed E-state index contributed by atoms with van der Waals surface area (Å²) in [6.07, 6.45) is 8.46. The highest BCUT2D eigenvalue weighted by molar-refractivity contribution is 5.94. The van der Waals surface area contributed by atoms with Crippen LogP contribution in [-0.4, -0.2) is 36.0 Å². The first kappa shape index (κ1) is 23.6. The summed E-state index contributed by atoms with van der Waals surface area (Å²) in [7, 11) is 0. The second-order valence-corrected chi connectivity index (χ2v) is 10.6. The van der Waals surface area contributed by atoms with Crippen LogP contribution in [-0.2, 0) is 11.3 Å². The van der Waals surface area contributed by atoms with Crippen molar-refractivity contribution in [2.45, 2.75) is 83.3 Å². The summed E-state index contributed by atoms with van der Waals surface area (Å²) in [5.41, 5.74) is 1.44. The van der Waals surface area contributed by atoms with Gasteiger partial charge in [0, 0.05) is 36.7 Å². The standard InChI is InChI=1S/C26H38N4O3/c1-3-17(2)29-24(32)22-6-4-5-18(12-22)16-28-23(31)7-8-27-25(33)30-26-13-19-9-20(14-26)11-21(10-19)15-26/h4-6,12,17,19-21H,3,7-11,13-16H2,1-2H3,(H,28,31)(H,29,32)(H2,27,30,33). The van der Waals surface area contributed by atoms with E-state index in [1.807, 2.05) is 26.0 Å². The monoisotopic (exact) mass is 454 g/mol. The molecule has 7 nitrogen and oxygen atoms in total. The highest BCUT2D eigenvalue weighted by atomic mass is 16.2. The van der Waals surface area contributed by atoms with Crippen LogP contribution in [0.5, 0.6) is 0 Å². The summed E-state index contributed by atoms with van der Waals surface area (Å²) in [6.45, 7) is 4.65. The maximum absolute atomic E-state index is 12.5. The second kappa shape index (κ2) is 10.1. The minimum absolute atomic E-state index is 0.0205. The summed E-state index contributed by atoms with van der Waals surface area (Å²) in [6, 6.07) is 7.25. The van der Waals surface area contributed by atoms with Gasteiger partial charge in [-0.1, -0.05) is 19.1 Å². The molecular formula is C26H38N4O3. The molecule has 1 atom stereocenters. The van der Waals surface area contributed by atoms with Crippen molar-refractivity contribution in [1.82, 2.24) is 21.3 Å². The molecule has 33 heavy (non-hydrogen) atoms. The topological polar surface area (TPSA) is 99.3 Å². The van der Waals surface area contributed by atoms with Crippen molar-refractivity contribution < 1.29 is 14.4 Å². The molecule has 0 aliphatic heterocycles. The summed E-state index contributed by atoms with van der Waals surface area (Å²) >= 11 is 0. The lowest BCUT2D eigenvalue weighted by molar-refractivity contribution is -0.121. The van der Waals surface area contributed by atoms with E-state index in [4.69, 9.17) is 0 Å². The molecule has 4 N–H and O–H groups in total. The van der Waals surface area contributed by atoms with E-state index in [1.165, 1.54) is 19.3 Å². The van der Waals surface area contributed by atoms with Gasteiger partial charge < -0.3 is 21.3 Å². The lowest BCUT2D eigenvalue weighted by atomic mass is 9.53. The van der Waals surface area contributed by atoms with Gasteiger partial charge in [0.2, 0.25) is 5.91 Å². The first-order valence-electron chi connectivity index (χ1n) is 12.6. The predicted molar refractivity (Wildman–Crippen MR) is 128 cm³/mol. The molecule has 0 radical (unpaired) electrons. The Morgan fingerprint density at radius 2 is 1.70 bits per heavy atom. The van der Waals surface area contributed by atoms with Crippen molar-refractivity contribution in [2.24, 2.45) is 17.8 Å². The van der Waals surface area contributed by atoms with Gasteiger partial charge in [-0.05, 0) is 87.3 Å². The lowest BCUT2D eigenvalue weighted by Gasteiger charge is -2.56. The molecule has 180 valence electrons. The van der Waals surface area contributed by atoms with E-state index in [0.29, 0.717) is 18.7 Å². The number of nitrogens with one attached hydrogen (secondary N) is 4. The normalized spacial score (nSPS) is 28.1. The number of carbonyl (C=O) groups excluding carboxylic acids is 3. The van der Waals surface area contributed by atoms with Gasteiger partial charge in [-0.2, -0.15) is 0 Å². The summed E-state index contributed by atoms with van der Waals surface area (Å²) in [5, 5.41) is 12.0. The zero-order chi connectivity index (χ0) is 23.4. The summed E-state index contributed by atoms with van der Waals surface area (Å²) in [5.74, 6) is 2.11. The Labute approximate surface area is 196 Å². The van der Waals surface area contributed by atoms with Crippen LogP contribution in [0.25, 0.3) is 0 Å². The molecule has 4 amide bonds. The van der Waals surface area contributed by atoms with Crippen LogP contribution in [0.1, 0.15) is 81.1 Å². The Morgan fingerprint density at radius 3 is 2.33 bits per heavy atom. The third-order valence-electron chi connectivity index (χ3n) is 7.72. The Balaban J connectivity index is 1.16. The maximum Gasteiger partial charge on any atom is 0.315 e. The minimum atomic E-state index is -0.148. The lowest BCUT2D eigenvalue weighted by Crippen LogP contribution is -2.61. The fourth-order valence-corrected chi connectivity index (χ4v) is 6.36. The smallest absolute Gasteiger partial charge is 0.315 e. The second-order valence-electron chi connectivity index (χ2n) is 10.6. The minimum Gasteiger partial charge on any atom is -0.352 e. The van der Waals surface area contributed by atoms with Crippen LogP contribution in [0.15, 0.2) is 24.3 Å². The molecule has 0 saturated heterocycles. The molecule has 7 heteroatoms. The maximum atomic E-state index is 12.5. The van der Waals surface area contributed by atoms with Crippen molar-refractivity contribution in [1.29, 1.82) is 0 Å². The Bertz CT molecular complexity index is 849. The third kappa shape index (κ3) is 6.06. The van der Waals surface area contributed by atoms with Gasteiger partial charge in [-0.25, -0.2) is 4.79 Å². The van der Waals surface area contributed by atoms with Crippen LogP contribution in [0.3, 0.4) is 0 Å². The van der Waals surface area contributed by atoms with Gasteiger partial charge in [0.25, 0.3) is 5.91 Å². The number of hydrogen-bond acceptors (Lipinski definition) is 3. The number of hydrogen-bond donors (Lipinski definition) is 4. The van der Waals surface area contributed by atoms with Crippen molar-refractivity contribution in [3.05, 3.63) is 35.4 Å². The van der Waals surface area contributed by atoms with Gasteiger partial charge >= 0.3 is 6.03 Å². The first-order chi connectivity index (χ1) is 15.8. The van der Waals surface area contributed by atoms with Crippen LogP contribution in [0.4, 0.5) is 4.79 Å². The molecule has 1 aromatic carbocycles. The van der Waals surface area contributed by atoms with Gasteiger partial charge in [0.15, 0.2) is 0 Å². The Kier molecular flexibility index (Phi) is 7.25. The molecule has 5 rings (SSSR count). The highest BCUT2D eigenvalue weighted by Crippen LogP contribution is 2.55.